The predicted octanol–water partition coefficient (Wildman–Crippen LogP) is 4.89. The lowest BCUT2D eigenvalue weighted by Crippen LogP contribution is -2.46. The number of nitrogens with zero attached hydrogens (tertiary/aromatic N) is 3. The minimum atomic E-state index is -4.36. The topological polar surface area (TPSA) is 19.4 Å². The first-order chi connectivity index (χ1) is 12.9. The average molecular weight is 371 g/mol. The van der Waals surface area contributed by atoms with Gasteiger partial charge in [-0.1, -0.05) is 24.3 Å². The van der Waals surface area contributed by atoms with E-state index in [1.54, 1.807) is 6.07 Å². The van der Waals surface area contributed by atoms with Crippen molar-refractivity contribution < 1.29 is 13.2 Å². The summed E-state index contributed by atoms with van der Waals surface area (Å²) in [5, 5.41) is 0.766. The number of fused-ring (bicyclic) bond motifs is 1. The van der Waals surface area contributed by atoms with Gasteiger partial charge in [-0.15, -0.1) is 0 Å². The standard InChI is InChI=1S/C21H20F3N3/c1-15-13-20(18-8-7-16(21(22,23)24)14-19(18)25-15)27-11-9-26(10-12-27)17-5-3-2-4-6-17/h2-8,13-14H,9-12H2,1H3. The largest absolute Gasteiger partial charge is 0.416 e. The number of hydrogen-bond donors (Lipinski definition) is 0. The van der Waals surface area contributed by atoms with Crippen molar-refractivity contribution in [2.24, 2.45) is 0 Å². The molecule has 0 unspecified atom stereocenters. The Bertz CT molecular complexity index is 946. The molecule has 0 saturated carbocycles. The van der Waals surface area contributed by atoms with E-state index in [4.69, 9.17) is 0 Å². The number of benzene rings is 2. The Morgan fingerprint density at radius 1 is 0.852 bits per heavy atom. The lowest BCUT2D eigenvalue weighted by atomic mass is 10.1. The zero-order chi connectivity index (χ0) is 19.0. The number of anilines is 2. The van der Waals surface area contributed by atoms with E-state index >= 15 is 0 Å². The molecule has 1 aromatic heterocycles. The van der Waals surface area contributed by atoms with Crippen molar-refractivity contribution in [2.45, 2.75) is 13.1 Å². The van der Waals surface area contributed by atoms with Crippen molar-refractivity contribution in [3.8, 4) is 0 Å². The summed E-state index contributed by atoms with van der Waals surface area (Å²) in [6.07, 6.45) is -4.36. The lowest BCUT2D eigenvalue weighted by molar-refractivity contribution is -0.137. The van der Waals surface area contributed by atoms with Gasteiger partial charge in [-0.3, -0.25) is 4.98 Å². The summed E-state index contributed by atoms with van der Waals surface area (Å²) in [6, 6.07) is 16.0. The fraction of sp³-hybridized carbons (Fsp3) is 0.286. The van der Waals surface area contributed by atoms with Crippen LogP contribution in [-0.4, -0.2) is 31.2 Å². The summed E-state index contributed by atoms with van der Waals surface area (Å²) in [5.74, 6) is 0. The molecule has 3 aromatic rings. The Hall–Kier alpha value is -2.76. The highest BCUT2D eigenvalue weighted by Crippen LogP contribution is 2.34. The maximum absolute atomic E-state index is 13.0. The molecule has 1 aliphatic heterocycles. The third-order valence-corrected chi connectivity index (χ3v) is 4.99. The molecule has 3 nitrogen and oxygen atoms in total. The van der Waals surface area contributed by atoms with Crippen LogP contribution in [0.25, 0.3) is 10.9 Å². The number of para-hydroxylation sites is 1. The van der Waals surface area contributed by atoms with Crippen molar-refractivity contribution >= 4 is 22.3 Å². The normalized spacial score (nSPS) is 15.4. The van der Waals surface area contributed by atoms with Crippen molar-refractivity contribution in [3.63, 3.8) is 0 Å². The Morgan fingerprint density at radius 2 is 1.52 bits per heavy atom. The van der Waals surface area contributed by atoms with Crippen LogP contribution in [0.1, 0.15) is 11.3 Å². The van der Waals surface area contributed by atoms with Gasteiger partial charge in [0.15, 0.2) is 0 Å². The van der Waals surface area contributed by atoms with Gasteiger partial charge in [0.05, 0.1) is 11.1 Å². The van der Waals surface area contributed by atoms with Crippen LogP contribution in [0, 0.1) is 6.92 Å². The fourth-order valence-corrected chi connectivity index (χ4v) is 3.62. The van der Waals surface area contributed by atoms with Gasteiger partial charge in [0.25, 0.3) is 0 Å². The maximum Gasteiger partial charge on any atom is 0.416 e. The van der Waals surface area contributed by atoms with Crippen molar-refractivity contribution in [1.82, 2.24) is 4.98 Å². The molecule has 0 atom stereocenters. The van der Waals surface area contributed by atoms with E-state index < -0.39 is 11.7 Å². The highest BCUT2D eigenvalue weighted by atomic mass is 19.4. The molecule has 1 aliphatic rings. The van der Waals surface area contributed by atoms with Gasteiger partial charge in [0, 0.05) is 48.6 Å². The molecule has 0 N–H and O–H groups in total. The Labute approximate surface area is 156 Å². The van der Waals surface area contributed by atoms with Crippen LogP contribution in [0.2, 0.25) is 0 Å². The molecule has 2 aromatic carbocycles. The molecule has 0 radical (unpaired) electrons. The summed E-state index contributed by atoms with van der Waals surface area (Å²) in [5.41, 5.74) is 2.61. The summed E-state index contributed by atoms with van der Waals surface area (Å²) in [4.78, 5) is 8.90. The molecule has 0 amide bonds. The second kappa shape index (κ2) is 6.76. The Morgan fingerprint density at radius 3 is 2.19 bits per heavy atom. The van der Waals surface area contributed by atoms with E-state index in [1.165, 1.54) is 5.69 Å². The maximum atomic E-state index is 13.0. The monoisotopic (exact) mass is 371 g/mol. The van der Waals surface area contributed by atoms with Crippen LogP contribution < -0.4 is 9.80 Å². The molecule has 0 aliphatic carbocycles. The second-order valence-corrected chi connectivity index (χ2v) is 6.82. The van der Waals surface area contributed by atoms with Gasteiger partial charge in [-0.25, -0.2) is 0 Å². The molecule has 1 fully saturated rings. The summed E-state index contributed by atoms with van der Waals surface area (Å²) in [7, 11) is 0. The minimum absolute atomic E-state index is 0.394. The SMILES string of the molecule is Cc1cc(N2CCN(c3ccccc3)CC2)c2ccc(C(F)(F)F)cc2n1. The molecule has 27 heavy (non-hydrogen) atoms. The third kappa shape index (κ3) is 3.56. The van der Waals surface area contributed by atoms with Gasteiger partial charge < -0.3 is 9.80 Å². The summed E-state index contributed by atoms with van der Waals surface area (Å²) >= 11 is 0. The molecule has 4 rings (SSSR count). The Kier molecular flexibility index (Phi) is 4.42. The number of rotatable bonds is 2. The van der Waals surface area contributed by atoms with E-state index in [0.29, 0.717) is 5.52 Å². The van der Waals surface area contributed by atoms with Gasteiger partial charge in [-0.05, 0) is 37.3 Å². The number of aryl methyl sites for hydroxylation is 1. The van der Waals surface area contributed by atoms with Gasteiger partial charge in [0.2, 0.25) is 0 Å². The van der Waals surface area contributed by atoms with Gasteiger partial charge in [-0.2, -0.15) is 13.2 Å². The number of hydrogen-bond acceptors (Lipinski definition) is 3. The molecule has 140 valence electrons. The molecule has 2 heterocycles. The molecular formula is C21H20F3N3. The van der Waals surface area contributed by atoms with Crippen molar-refractivity contribution in [2.75, 3.05) is 36.0 Å². The van der Waals surface area contributed by atoms with E-state index in [-0.39, 0.29) is 0 Å². The highest BCUT2D eigenvalue weighted by Gasteiger charge is 2.31. The molecule has 1 saturated heterocycles. The zero-order valence-corrected chi connectivity index (χ0v) is 15.0. The quantitative estimate of drug-likeness (QED) is 0.639. The van der Waals surface area contributed by atoms with Crippen LogP contribution in [0.5, 0.6) is 0 Å². The van der Waals surface area contributed by atoms with E-state index in [1.807, 2.05) is 31.2 Å². The molecular weight excluding hydrogens is 351 g/mol. The molecule has 0 bridgehead atoms. The number of pyridine rings is 1. The predicted molar refractivity (Wildman–Crippen MR) is 102 cm³/mol. The summed E-state index contributed by atoms with van der Waals surface area (Å²) < 4.78 is 39.1. The first kappa shape index (κ1) is 17.6. The number of halogens is 3. The van der Waals surface area contributed by atoms with Crippen LogP contribution in [0.4, 0.5) is 24.5 Å². The summed E-state index contributed by atoms with van der Waals surface area (Å²) in [6.45, 7) is 5.19. The van der Waals surface area contributed by atoms with Crippen LogP contribution >= 0.6 is 0 Å². The zero-order valence-electron chi connectivity index (χ0n) is 15.0. The third-order valence-electron chi connectivity index (χ3n) is 4.99. The fourth-order valence-electron chi connectivity index (χ4n) is 3.62. The second-order valence-electron chi connectivity index (χ2n) is 6.82. The minimum Gasteiger partial charge on any atom is -0.368 e. The lowest BCUT2D eigenvalue weighted by Gasteiger charge is -2.38. The average Bonchev–Trinajstić information content (AvgIpc) is 2.67. The van der Waals surface area contributed by atoms with Crippen LogP contribution in [0.15, 0.2) is 54.6 Å². The van der Waals surface area contributed by atoms with Crippen molar-refractivity contribution in [1.29, 1.82) is 0 Å². The Balaban J connectivity index is 1.62. The van der Waals surface area contributed by atoms with Crippen LogP contribution in [0.3, 0.4) is 0 Å². The number of aromatic nitrogens is 1. The van der Waals surface area contributed by atoms with Crippen LogP contribution in [-0.2, 0) is 6.18 Å². The first-order valence-electron chi connectivity index (χ1n) is 8.95. The highest BCUT2D eigenvalue weighted by molar-refractivity contribution is 5.92. The van der Waals surface area contributed by atoms with Gasteiger partial charge in [0.1, 0.15) is 0 Å². The van der Waals surface area contributed by atoms with E-state index in [9.17, 15) is 13.2 Å². The van der Waals surface area contributed by atoms with Gasteiger partial charge >= 0.3 is 6.18 Å². The van der Waals surface area contributed by atoms with E-state index in [2.05, 4.69) is 26.9 Å². The van der Waals surface area contributed by atoms with Crippen molar-refractivity contribution in [3.05, 3.63) is 65.9 Å². The number of alkyl halides is 3. The first-order valence-corrected chi connectivity index (χ1v) is 8.95. The molecule has 6 heteroatoms. The molecule has 0 spiro atoms. The number of piperazine rings is 1. The smallest absolute Gasteiger partial charge is 0.368 e. The van der Waals surface area contributed by atoms with E-state index in [0.717, 1.165) is 55.1 Å².